The molecule has 31 heavy (non-hydrogen) atoms. The average Bonchev–Trinajstić information content (AvgIpc) is 2.79. The van der Waals surface area contributed by atoms with Gasteiger partial charge in [0.2, 0.25) is 0 Å². The number of ether oxygens (including phenoxy) is 1. The van der Waals surface area contributed by atoms with Gasteiger partial charge < -0.3 is 25.4 Å². The van der Waals surface area contributed by atoms with Gasteiger partial charge in [-0.3, -0.25) is 0 Å². The lowest BCUT2D eigenvalue weighted by Gasteiger charge is -2.18. The summed E-state index contributed by atoms with van der Waals surface area (Å²) in [6, 6.07) is 15.8. The molecule has 0 fully saturated rings. The molecule has 0 aliphatic rings. The van der Waals surface area contributed by atoms with E-state index in [0.29, 0.717) is 23.7 Å². The second-order valence-corrected chi connectivity index (χ2v) is 8.28. The Hall–Kier alpha value is -1.92. The minimum atomic E-state index is -0.663. The maximum absolute atomic E-state index is 10.3. The van der Waals surface area contributed by atoms with Crippen molar-refractivity contribution in [1.29, 1.82) is 0 Å². The molecule has 4 N–H and O–H groups in total. The number of benzene rings is 2. The molecule has 2 aromatic rings. The van der Waals surface area contributed by atoms with Gasteiger partial charge in [-0.2, -0.15) is 0 Å². The maximum atomic E-state index is 10.3. The Morgan fingerprint density at radius 3 is 2.42 bits per heavy atom. The number of aromatic hydroxyl groups is 1. The number of phenols is 1. The van der Waals surface area contributed by atoms with E-state index in [2.05, 4.69) is 42.6 Å². The first-order valence-electron chi connectivity index (χ1n) is 11.6. The summed E-state index contributed by atoms with van der Waals surface area (Å²) >= 11 is 0. The van der Waals surface area contributed by atoms with Crippen LogP contribution in [0.1, 0.15) is 68.2 Å². The van der Waals surface area contributed by atoms with Gasteiger partial charge in [0.15, 0.2) is 0 Å². The molecule has 0 aliphatic heterocycles. The van der Waals surface area contributed by atoms with E-state index < -0.39 is 6.10 Å². The molecule has 0 radical (unpaired) electrons. The van der Waals surface area contributed by atoms with E-state index in [9.17, 15) is 15.3 Å². The molecule has 2 atom stereocenters. The molecule has 2 unspecified atom stereocenters. The molecule has 5 nitrogen and oxygen atoms in total. The normalized spacial score (nSPS) is 13.3. The first kappa shape index (κ1) is 25.3. The third-order valence-electron chi connectivity index (χ3n) is 5.59. The van der Waals surface area contributed by atoms with Gasteiger partial charge in [0.25, 0.3) is 0 Å². The number of hydrogen-bond acceptors (Lipinski definition) is 5. The van der Waals surface area contributed by atoms with Crippen molar-refractivity contribution in [3.63, 3.8) is 0 Å². The van der Waals surface area contributed by atoms with Crippen molar-refractivity contribution in [3.05, 3.63) is 65.2 Å². The molecule has 0 aromatic heterocycles. The van der Waals surface area contributed by atoms with Crippen LogP contribution in [-0.4, -0.2) is 41.1 Å². The van der Waals surface area contributed by atoms with Crippen LogP contribution in [0.15, 0.2) is 48.5 Å². The van der Waals surface area contributed by atoms with Gasteiger partial charge in [-0.25, -0.2) is 0 Å². The average molecular weight is 430 g/mol. The lowest BCUT2D eigenvalue weighted by Crippen LogP contribution is -2.30. The third kappa shape index (κ3) is 10.3. The summed E-state index contributed by atoms with van der Waals surface area (Å²) in [5.41, 5.74) is 2.53. The zero-order valence-corrected chi connectivity index (χ0v) is 18.8. The Kier molecular flexibility index (Phi) is 12.2. The Labute approximate surface area is 187 Å². The number of aliphatic hydroxyl groups excluding tert-OH is 2. The summed E-state index contributed by atoms with van der Waals surface area (Å²) in [6.07, 6.45) is 7.17. The fourth-order valence-electron chi connectivity index (χ4n) is 3.58. The summed E-state index contributed by atoms with van der Waals surface area (Å²) in [5.74, 6) is 0.0518. The molecule has 2 rings (SSSR count). The van der Waals surface area contributed by atoms with E-state index in [4.69, 9.17) is 4.74 Å². The van der Waals surface area contributed by atoms with E-state index in [1.165, 1.54) is 18.1 Å². The Morgan fingerprint density at radius 1 is 0.935 bits per heavy atom. The summed E-state index contributed by atoms with van der Waals surface area (Å²) in [5, 5.41) is 32.6. The SMILES string of the molecule is CC(CCCCCOCCCCc1ccccc1)NCC(O)c1ccc(O)c(CO)c1. The van der Waals surface area contributed by atoms with Crippen LogP contribution < -0.4 is 5.32 Å². The Morgan fingerprint density at radius 2 is 1.68 bits per heavy atom. The second kappa shape index (κ2) is 15.0. The topological polar surface area (TPSA) is 82.0 Å². The van der Waals surface area contributed by atoms with Crippen molar-refractivity contribution in [2.24, 2.45) is 0 Å². The lowest BCUT2D eigenvalue weighted by molar-refractivity contribution is 0.126. The van der Waals surface area contributed by atoms with Crippen molar-refractivity contribution in [2.75, 3.05) is 19.8 Å². The highest BCUT2D eigenvalue weighted by molar-refractivity contribution is 5.36. The van der Waals surface area contributed by atoms with E-state index in [1.54, 1.807) is 12.1 Å². The third-order valence-corrected chi connectivity index (χ3v) is 5.59. The number of nitrogens with one attached hydrogen (secondary N) is 1. The largest absolute Gasteiger partial charge is 0.508 e. The van der Waals surface area contributed by atoms with Crippen LogP contribution in [0.2, 0.25) is 0 Å². The molecule has 5 heteroatoms. The summed E-state index contributed by atoms with van der Waals surface area (Å²) in [7, 11) is 0. The first-order valence-corrected chi connectivity index (χ1v) is 11.6. The van der Waals surface area contributed by atoms with Crippen LogP contribution in [0.5, 0.6) is 5.75 Å². The zero-order valence-electron chi connectivity index (χ0n) is 18.8. The van der Waals surface area contributed by atoms with E-state index >= 15 is 0 Å². The fraction of sp³-hybridized carbons (Fsp3) is 0.538. The summed E-state index contributed by atoms with van der Waals surface area (Å²) in [6.45, 7) is 4.01. The molecule has 0 saturated carbocycles. The second-order valence-electron chi connectivity index (χ2n) is 8.28. The zero-order chi connectivity index (χ0) is 22.3. The van der Waals surface area contributed by atoms with E-state index in [-0.39, 0.29) is 12.4 Å². The van der Waals surface area contributed by atoms with Gasteiger partial charge in [0.05, 0.1) is 12.7 Å². The fourth-order valence-corrected chi connectivity index (χ4v) is 3.58. The standard InChI is InChI=1S/C26H39NO4/c1-21(27-19-26(30)23-14-15-25(29)24(18-23)20-28)10-4-3-8-16-31-17-9-7-13-22-11-5-2-6-12-22/h2,5-6,11-12,14-15,18,21,26-30H,3-4,7-10,13,16-17,19-20H2,1H3. The Bertz CT molecular complexity index is 723. The van der Waals surface area contributed by atoms with E-state index in [1.807, 2.05) is 0 Å². The molecule has 0 spiro atoms. The van der Waals surface area contributed by atoms with Crippen LogP contribution in [0.3, 0.4) is 0 Å². The minimum absolute atomic E-state index is 0.0518. The highest BCUT2D eigenvalue weighted by atomic mass is 16.5. The van der Waals surface area contributed by atoms with Crippen molar-refractivity contribution in [2.45, 2.75) is 70.6 Å². The van der Waals surface area contributed by atoms with Crippen LogP contribution in [-0.2, 0) is 17.8 Å². The molecule has 172 valence electrons. The number of aryl methyl sites for hydroxylation is 1. The highest BCUT2D eigenvalue weighted by Gasteiger charge is 2.11. The predicted octanol–water partition coefficient (Wildman–Crippen LogP) is 4.50. The quantitative estimate of drug-likeness (QED) is 0.296. The van der Waals surface area contributed by atoms with Crippen molar-refractivity contribution in [3.8, 4) is 5.75 Å². The van der Waals surface area contributed by atoms with Crippen LogP contribution in [0.4, 0.5) is 0 Å². The van der Waals surface area contributed by atoms with Crippen molar-refractivity contribution in [1.82, 2.24) is 5.32 Å². The van der Waals surface area contributed by atoms with Crippen LogP contribution in [0, 0.1) is 0 Å². The number of hydrogen-bond donors (Lipinski definition) is 4. The molecule has 0 bridgehead atoms. The van der Waals surface area contributed by atoms with Crippen LogP contribution >= 0.6 is 0 Å². The first-order chi connectivity index (χ1) is 15.1. The van der Waals surface area contributed by atoms with Crippen molar-refractivity contribution < 1.29 is 20.1 Å². The molecule has 0 amide bonds. The number of rotatable bonds is 16. The maximum Gasteiger partial charge on any atom is 0.121 e. The number of unbranched alkanes of at least 4 members (excludes halogenated alkanes) is 3. The Balaban J connectivity index is 1.44. The molecule has 0 aliphatic carbocycles. The van der Waals surface area contributed by atoms with Gasteiger partial charge in [-0.15, -0.1) is 0 Å². The highest BCUT2D eigenvalue weighted by Crippen LogP contribution is 2.22. The molecular weight excluding hydrogens is 390 g/mol. The monoisotopic (exact) mass is 429 g/mol. The lowest BCUT2D eigenvalue weighted by atomic mass is 10.0. The predicted molar refractivity (Wildman–Crippen MR) is 125 cm³/mol. The molecule has 0 saturated heterocycles. The van der Waals surface area contributed by atoms with Gasteiger partial charge in [0, 0.05) is 31.4 Å². The van der Waals surface area contributed by atoms with Crippen molar-refractivity contribution >= 4 is 0 Å². The van der Waals surface area contributed by atoms with E-state index in [0.717, 1.165) is 51.7 Å². The number of aliphatic hydroxyl groups is 2. The van der Waals surface area contributed by atoms with Gasteiger partial charge in [-0.05, 0) is 62.3 Å². The van der Waals surface area contributed by atoms with Gasteiger partial charge in [-0.1, -0.05) is 49.2 Å². The van der Waals surface area contributed by atoms with Gasteiger partial charge >= 0.3 is 0 Å². The molecule has 0 heterocycles. The summed E-state index contributed by atoms with van der Waals surface area (Å²) in [4.78, 5) is 0. The van der Waals surface area contributed by atoms with Crippen LogP contribution in [0.25, 0.3) is 0 Å². The molecule has 2 aromatic carbocycles. The van der Waals surface area contributed by atoms with Gasteiger partial charge in [0.1, 0.15) is 5.75 Å². The smallest absolute Gasteiger partial charge is 0.121 e. The molecular formula is C26H39NO4. The minimum Gasteiger partial charge on any atom is -0.508 e. The summed E-state index contributed by atoms with van der Waals surface area (Å²) < 4.78 is 5.75.